The number of aryl methyl sites for hydroxylation is 2. The lowest BCUT2D eigenvalue weighted by Crippen LogP contribution is -2.31. The standard InChI is InChI=1S/C20H22FN3/c1-14-19-16-7-5-8-17(21)20(16)24(18(19)10-12-23(14)2)13-9-15-6-3-4-11-22-15/h3-8,11,14H,9-10,12-13H2,1-2H3. The van der Waals surface area contributed by atoms with Crippen LogP contribution in [0.1, 0.15) is 29.9 Å². The van der Waals surface area contributed by atoms with Crippen LogP contribution in [0, 0.1) is 5.82 Å². The number of pyridine rings is 1. The first-order valence-electron chi connectivity index (χ1n) is 8.56. The largest absolute Gasteiger partial charge is 0.341 e. The fourth-order valence-corrected chi connectivity index (χ4v) is 3.89. The van der Waals surface area contributed by atoms with Gasteiger partial charge in [-0.3, -0.25) is 9.88 Å². The van der Waals surface area contributed by atoms with Gasteiger partial charge in [0.25, 0.3) is 0 Å². The van der Waals surface area contributed by atoms with Crippen molar-refractivity contribution >= 4 is 10.9 Å². The minimum Gasteiger partial charge on any atom is -0.341 e. The molecule has 1 atom stereocenters. The van der Waals surface area contributed by atoms with Gasteiger partial charge in [-0.15, -0.1) is 0 Å². The van der Waals surface area contributed by atoms with Crippen LogP contribution in [0.5, 0.6) is 0 Å². The number of aromatic nitrogens is 2. The maximum absolute atomic E-state index is 14.6. The highest BCUT2D eigenvalue weighted by Crippen LogP contribution is 2.37. The Balaban J connectivity index is 1.82. The van der Waals surface area contributed by atoms with E-state index in [0.29, 0.717) is 6.04 Å². The summed E-state index contributed by atoms with van der Waals surface area (Å²) in [5.41, 5.74) is 4.38. The highest BCUT2D eigenvalue weighted by Gasteiger charge is 2.28. The third-order valence-electron chi connectivity index (χ3n) is 5.28. The zero-order valence-electron chi connectivity index (χ0n) is 14.2. The Morgan fingerprint density at radius 1 is 1.21 bits per heavy atom. The molecule has 0 saturated carbocycles. The fourth-order valence-electron chi connectivity index (χ4n) is 3.89. The summed E-state index contributed by atoms with van der Waals surface area (Å²) in [6, 6.07) is 11.7. The van der Waals surface area contributed by atoms with Crippen LogP contribution in [-0.2, 0) is 19.4 Å². The second-order valence-corrected chi connectivity index (χ2v) is 6.63. The average molecular weight is 323 g/mol. The van der Waals surface area contributed by atoms with Gasteiger partial charge >= 0.3 is 0 Å². The number of halogens is 1. The van der Waals surface area contributed by atoms with Crippen LogP contribution >= 0.6 is 0 Å². The normalized spacial score (nSPS) is 18.0. The summed E-state index contributed by atoms with van der Waals surface area (Å²) in [5, 5.41) is 1.06. The molecule has 1 aliphatic rings. The molecule has 1 unspecified atom stereocenters. The van der Waals surface area contributed by atoms with Gasteiger partial charge in [-0.1, -0.05) is 18.2 Å². The van der Waals surface area contributed by atoms with Crippen LogP contribution in [-0.4, -0.2) is 28.0 Å². The highest BCUT2D eigenvalue weighted by atomic mass is 19.1. The Morgan fingerprint density at radius 3 is 2.88 bits per heavy atom. The maximum atomic E-state index is 14.6. The minimum absolute atomic E-state index is 0.127. The predicted octanol–water partition coefficient (Wildman–Crippen LogP) is 3.97. The molecule has 0 bridgehead atoms. The van der Waals surface area contributed by atoms with Crippen molar-refractivity contribution < 1.29 is 4.39 Å². The van der Waals surface area contributed by atoms with E-state index in [9.17, 15) is 4.39 Å². The van der Waals surface area contributed by atoms with Gasteiger partial charge < -0.3 is 4.57 Å². The molecule has 0 fully saturated rings. The van der Waals surface area contributed by atoms with E-state index in [1.54, 1.807) is 6.07 Å². The van der Waals surface area contributed by atoms with Gasteiger partial charge in [0.2, 0.25) is 0 Å². The molecule has 0 spiro atoms. The van der Waals surface area contributed by atoms with Crippen LogP contribution in [0.25, 0.3) is 10.9 Å². The molecular formula is C20H22FN3. The van der Waals surface area contributed by atoms with E-state index in [2.05, 4.69) is 34.5 Å². The zero-order valence-corrected chi connectivity index (χ0v) is 14.2. The second-order valence-electron chi connectivity index (χ2n) is 6.63. The van der Waals surface area contributed by atoms with Gasteiger partial charge in [0, 0.05) is 54.9 Å². The lowest BCUT2D eigenvalue weighted by atomic mass is 9.97. The Labute approximate surface area is 141 Å². The first kappa shape index (κ1) is 15.3. The molecule has 3 nitrogen and oxygen atoms in total. The maximum Gasteiger partial charge on any atom is 0.147 e. The van der Waals surface area contributed by atoms with Crippen LogP contribution in [0.15, 0.2) is 42.6 Å². The molecule has 0 aliphatic carbocycles. The number of nitrogens with zero attached hydrogens (tertiary/aromatic N) is 3. The molecule has 4 rings (SSSR count). The van der Waals surface area contributed by atoms with Crippen molar-refractivity contribution in [2.24, 2.45) is 0 Å². The molecule has 0 amide bonds. The van der Waals surface area contributed by atoms with Gasteiger partial charge in [-0.25, -0.2) is 4.39 Å². The van der Waals surface area contributed by atoms with E-state index in [0.717, 1.165) is 42.5 Å². The average Bonchev–Trinajstić information content (AvgIpc) is 2.93. The summed E-state index contributed by atoms with van der Waals surface area (Å²) in [6.07, 6.45) is 3.60. The lowest BCUT2D eigenvalue weighted by molar-refractivity contribution is 0.245. The van der Waals surface area contributed by atoms with Crippen LogP contribution in [0.3, 0.4) is 0 Å². The zero-order chi connectivity index (χ0) is 16.7. The molecule has 3 heterocycles. The van der Waals surface area contributed by atoms with E-state index in [1.165, 1.54) is 11.3 Å². The van der Waals surface area contributed by atoms with E-state index < -0.39 is 0 Å². The van der Waals surface area contributed by atoms with Gasteiger partial charge in [0.05, 0.1) is 5.52 Å². The number of benzene rings is 1. The van der Waals surface area contributed by atoms with Gasteiger partial charge in [0.15, 0.2) is 0 Å². The topological polar surface area (TPSA) is 21.1 Å². The number of para-hydroxylation sites is 1. The van der Waals surface area contributed by atoms with Crippen LogP contribution in [0.4, 0.5) is 4.39 Å². The number of likely N-dealkylation sites (N-methyl/N-ethyl adjacent to an activating group) is 1. The Hall–Kier alpha value is -2.20. The van der Waals surface area contributed by atoms with E-state index in [-0.39, 0.29) is 5.82 Å². The van der Waals surface area contributed by atoms with E-state index in [4.69, 9.17) is 0 Å². The molecule has 2 aromatic heterocycles. The van der Waals surface area contributed by atoms with E-state index in [1.807, 2.05) is 30.5 Å². The number of rotatable bonds is 3. The molecule has 4 heteroatoms. The van der Waals surface area contributed by atoms with Crippen molar-refractivity contribution in [3.8, 4) is 0 Å². The smallest absolute Gasteiger partial charge is 0.147 e. The molecule has 3 aromatic rings. The molecular weight excluding hydrogens is 301 g/mol. The van der Waals surface area contributed by atoms with Crippen LogP contribution in [0.2, 0.25) is 0 Å². The molecule has 0 N–H and O–H groups in total. The van der Waals surface area contributed by atoms with Crippen molar-refractivity contribution in [1.82, 2.24) is 14.5 Å². The summed E-state index contributed by atoms with van der Waals surface area (Å²) in [4.78, 5) is 6.75. The lowest BCUT2D eigenvalue weighted by Gasteiger charge is -2.31. The second kappa shape index (κ2) is 6.02. The highest BCUT2D eigenvalue weighted by molar-refractivity contribution is 5.87. The van der Waals surface area contributed by atoms with Gasteiger partial charge in [-0.05, 0) is 37.7 Å². The predicted molar refractivity (Wildman–Crippen MR) is 94.6 cm³/mol. The van der Waals surface area contributed by atoms with Crippen molar-refractivity contribution in [2.45, 2.75) is 32.4 Å². The van der Waals surface area contributed by atoms with Gasteiger partial charge in [0.1, 0.15) is 5.82 Å². The fraction of sp³-hybridized carbons (Fsp3) is 0.350. The summed E-state index contributed by atoms with van der Waals surface area (Å²) in [7, 11) is 2.14. The van der Waals surface area contributed by atoms with Crippen molar-refractivity contribution in [3.63, 3.8) is 0 Å². The monoisotopic (exact) mass is 323 g/mol. The molecule has 0 saturated heterocycles. The van der Waals surface area contributed by atoms with E-state index >= 15 is 0 Å². The van der Waals surface area contributed by atoms with Crippen molar-refractivity contribution in [1.29, 1.82) is 0 Å². The van der Waals surface area contributed by atoms with Crippen molar-refractivity contribution in [3.05, 3.63) is 65.4 Å². The first-order chi connectivity index (χ1) is 11.7. The SMILES string of the molecule is CC1c2c(n(CCc3ccccn3)c3c(F)cccc23)CCN1C. The summed E-state index contributed by atoms with van der Waals surface area (Å²) >= 11 is 0. The molecule has 1 aliphatic heterocycles. The third kappa shape index (κ3) is 2.42. The first-order valence-corrected chi connectivity index (χ1v) is 8.56. The quantitative estimate of drug-likeness (QED) is 0.727. The summed E-state index contributed by atoms with van der Waals surface area (Å²) < 4.78 is 16.8. The molecule has 0 radical (unpaired) electrons. The minimum atomic E-state index is -0.127. The number of hydrogen-bond acceptors (Lipinski definition) is 2. The Bertz CT molecular complexity index is 869. The number of hydrogen-bond donors (Lipinski definition) is 0. The molecule has 124 valence electrons. The van der Waals surface area contributed by atoms with Crippen LogP contribution < -0.4 is 0 Å². The third-order valence-corrected chi connectivity index (χ3v) is 5.28. The summed E-state index contributed by atoms with van der Waals surface area (Å²) in [6.45, 7) is 3.99. The molecule has 1 aromatic carbocycles. The van der Waals surface area contributed by atoms with Crippen molar-refractivity contribution in [2.75, 3.05) is 13.6 Å². The number of fused-ring (bicyclic) bond motifs is 3. The molecule has 24 heavy (non-hydrogen) atoms. The van der Waals surface area contributed by atoms with Gasteiger partial charge in [-0.2, -0.15) is 0 Å². The summed E-state index contributed by atoms with van der Waals surface area (Å²) in [5.74, 6) is -0.127. The Kier molecular flexibility index (Phi) is 3.85. The Morgan fingerprint density at radius 2 is 2.08 bits per heavy atom.